The molecule has 2 heterocycles. The summed E-state index contributed by atoms with van der Waals surface area (Å²) in [6.45, 7) is 2.86. The number of rotatable bonds is 5. The van der Waals surface area contributed by atoms with Crippen LogP contribution in [0.4, 0.5) is 9.18 Å². The van der Waals surface area contributed by atoms with Crippen LogP contribution in [0.15, 0.2) is 42.5 Å². The van der Waals surface area contributed by atoms with Gasteiger partial charge in [-0.2, -0.15) is 5.10 Å². The van der Waals surface area contributed by atoms with Crippen molar-refractivity contribution in [2.45, 2.75) is 51.6 Å². The van der Waals surface area contributed by atoms with Crippen molar-refractivity contribution in [2.75, 3.05) is 20.2 Å². The molecule has 2 aromatic carbocycles. The molecule has 0 unspecified atom stereocenters. The number of aromatic nitrogens is 2. The molecular formula is C30H31Cl2FN4O3. The van der Waals surface area contributed by atoms with Crippen LogP contribution in [0.3, 0.4) is 0 Å². The molecule has 1 fully saturated rings. The van der Waals surface area contributed by atoms with E-state index in [2.05, 4.69) is 0 Å². The second-order valence-electron chi connectivity index (χ2n) is 10.1. The van der Waals surface area contributed by atoms with Crippen molar-refractivity contribution in [1.82, 2.24) is 19.6 Å². The molecule has 10 heteroatoms. The fourth-order valence-corrected chi connectivity index (χ4v) is 6.17. The summed E-state index contributed by atoms with van der Waals surface area (Å²) in [4.78, 5) is 30.4. The lowest BCUT2D eigenvalue weighted by molar-refractivity contribution is 0.0638. The number of carbonyl (C=O) groups excluding carboxylic acids is 2. The number of halogens is 3. The topological polar surface area (TPSA) is 67.7 Å². The summed E-state index contributed by atoms with van der Waals surface area (Å²) in [6, 6.07) is 11.3. The summed E-state index contributed by atoms with van der Waals surface area (Å²) >= 11 is 12.8. The average molecular weight is 586 g/mol. The van der Waals surface area contributed by atoms with Gasteiger partial charge in [-0.05, 0) is 67.3 Å². The first-order valence-electron chi connectivity index (χ1n) is 13.5. The number of nitrogens with zero attached hydrogens (tertiary/aromatic N) is 4. The van der Waals surface area contributed by atoms with Gasteiger partial charge in [-0.25, -0.2) is 13.9 Å². The molecule has 2 amide bonds. The molecule has 0 N–H and O–H groups in total. The van der Waals surface area contributed by atoms with Crippen LogP contribution in [0.1, 0.15) is 66.3 Å². The quantitative estimate of drug-likeness (QED) is 0.317. The summed E-state index contributed by atoms with van der Waals surface area (Å²) < 4.78 is 20.4. The van der Waals surface area contributed by atoms with Crippen LogP contribution in [0.25, 0.3) is 17.3 Å². The normalized spacial score (nSPS) is 16.6. The minimum Gasteiger partial charge on any atom is -0.453 e. The summed E-state index contributed by atoms with van der Waals surface area (Å²) in [5.41, 5.74) is 3.53. The fourth-order valence-electron chi connectivity index (χ4n) is 5.69. The van der Waals surface area contributed by atoms with Gasteiger partial charge in [0.2, 0.25) is 0 Å². The number of methoxy groups -OCH3 is 1. The van der Waals surface area contributed by atoms with Gasteiger partial charge in [0.25, 0.3) is 5.91 Å². The Hall–Kier alpha value is -3.36. The van der Waals surface area contributed by atoms with Crippen LogP contribution in [-0.4, -0.2) is 57.8 Å². The van der Waals surface area contributed by atoms with Gasteiger partial charge in [-0.1, -0.05) is 54.6 Å². The molecule has 1 aliphatic carbocycles. The van der Waals surface area contributed by atoms with Crippen LogP contribution in [-0.2, 0) is 11.3 Å². The minimum absolute atomic E-state index is 0.136. The van der Waals surface area contributed by atoms with Crippen molar-refractivity contribution in [3.63, 3.8) is 0 Å². The number of hydrogen-bond acceptors (Lipinski definition) is 4. The molecule has 5 rings (SSSR count). The van der Waals surface area contributed by atoms with Crippen LogP contribution in [0.5, 0.6) is 0 Å². The molecule has 1 aliphatic heterocycles. The maximum Gasteiger partial charge on any atom is 0.410 e. The molecule has 7 nitrogen and oxygen atoms in total. The van der Waals surface area contributed by atoms with Crippen molar-refractivity contribution in [3.8, 4) is 5.69 Å². The highest BCUT2D eigenvalue weighted by atomic mass is 35.5. The first kappa shape index (κ1) is 28.2. The molecule has 0 atom stereocenters. The van der Waals surface area contributed by atoms with E-state index in [0.29, 0.717) is 39.1 Å². The molecule has 3 aromatic rings. The van der Waals surface area contributed by atoms with E-state index in [4.69, 9.17) is 33.0 Å². The molecule has 210 valence electrons. The van der Waals surface area contributed by atoms with Crippen molar-refractivity contribution >= 4 is 46.9 Å². The van der Waals surface area contributed by atoms with Crippen molar-refractivity contribution in [3.05, 3.63) is 80.8 Å². The van der Waals surface area contributed by atoms with Crippen LogP contribution in [0.2, 0.25) is 10.0 Å². The number of ether oxygens (including phenoxy) is 1. The van der Waals surface area contributed by atoms with Gasteiger partial charge in [-0.15, -0.1) is 0 Å². The number of carbonyl (C=O) groups is 2. The Labute approximate surface area is 243 Å². The lowest BCUT2D eigenvalue weighted by Gasteiger charge is -2.34. The summed E-state index contributed by atoms with van der Waals surface area (Å²) in [5, 5.41) is 5.70. The Balaban J connectivity index is 1.72. The highest BCUT2D eigenvalue weighted by Gasteiger charge is 2.36. The standard InChI is InChI=1S/C30H31Cl2FN4O3/c1-3-36(23-7-5-4-6-8-23)29(38)27-24-18-35(30(39)40-2)17-20(15-19-9-12-22(33)13-10-19)28(24)37(34-27)26-14-11-21(31)16-25(26)32/h9-16,23H,3-8,17-18H2,1-2H3. The van der Waals surface area contributed by atoms with Gasteiger partial charge in [0.1, 0.15) is 5.82 Å². The highest BCUT2D eigenvalue weighted by Crippen LogP contribution is 2.37. The highest BCUT2D eigenvalue weighted by molar-refractivity contribution is 6.35. The SMILES string of the molecule is CCN(C(=O)c1nn(-c2ccc(Cl)cc2Cl)c2c1CN(C(=O)OC)CC2=Cc1ccc(F)cc1)C1CCCCC1. The van der Waals surface area contributed by atoms with E-state index in [0.717, 1.165) is 31.2 Å². The maximum absolute atomic E-state index is 14.2. The van der Waals surface area contributed by atoms with Crippen molar-refractivity contribution in [1.29, 1.82) is 0 Å². The lowest BCUT2D eigenvalue weighted by Crippen LogP contribution is -2.42. The summed E-state index contributed by atoms with van der Waals surface area (Å²) in [7, 11) is 1.33. The molecule has 0 radical (unpaired) electrons. The molecule has 2 aliphatic rings. The van der Waals surface area contributed by atoms with Gasteiger partial charge < -0.3 is 9.64 Å². The number of benzene rings is 2. The van der Waals surface area contributed by atoms with Crippen LogP contribution >= 0.6 is 23.2 Å². The van der Waals surface area contributed by atoms with E-state index in [-0.39, 0.29) is 36.5 Å². The Kier molecular flexibility index (Phi) is 8.47. The first-order valence-corrected chi connectivity index (χ1v) is 14.2. The second-order valence-corrected chi connectivity index (χ2v) is 11.0. The van der Waals surface area contributed by atoms with E-state index in [1.165, 1.54) is 30.6 Å². The zero-order valence-corrected chi connectivity index (χ0v) is 24.0. The molecule has 1 saturated carbocycles. The van der Waals surface area contributed by atoms with E-state index in [1.54, 1.807) is 35.0 Å². The zero-order chi connectivity index (χ0) is 28.4. The molecule has 40 heavy (non-hydrogen) atoms. The molecule has 0 bridgehead atoms. The van der Waals surface area contributed by atoms with Gasteiger partial charge in [0, 0.05) is 23.2 Å². The third-order valence-corrected chi connectivity index (χ3v) is 8.14. The lowest BCUT2D eigenvalue weighted by atomic mass is 9.93. The number of fused-ring (bicyclic) bond motifs is 1. The zero-order valence-electron chi connectivity index (χ0n) is 22.5. The molecular weight excluding hydrogens is 554 g/mol. The first-order chi connectivity index (χ1) is 19.3. The summed E-state index contributed by atoms with van der Waals surface area (Å²) in [6.07, 6.45) is 6.59. The predicted octanol–water partition coefficient (Wildman–Crippen LogP) is 7.24. The van der Waals surface area contributed by atoms with Gasteiger partial charge in [-0.3, -0.25) is 9.69 Å². The third kappa shape index (κ3) is 5.60. The maximum atomic E-state index is 14.2. The van der Waals surface area contributed by atoms with E-state index in [9.17, 15) is 14.0 Å². The van der Waals surface area contributed by atoms with Crippen molar-refractivity contribution in [2.24, 2.45) is 0 Å². The van der Waals surface area contributed by atoms with Crippen molar-refractivity contribution < 1.29 is 18.7 Å². The fraction of sp³-hybridized carbons (Fsp3) is 0.367. The molecule has 0 saturated heterocycles. The largest absolute Gasteiger partial charge is 0.453 e. The van der Waals surface area contributed by atoms with E-state index >= 15 is 0 Å². The van der Waals surface area contributed by atoms with Crippen LogP contribution < -0.4 is 0 Å². The Morgan fingerprint density at radius 3 is 2.48 bits per heavy atom. The predicted molar refractivity (Wildman–Crippen MR) is 154 cm³/mol. The molecule has 0 spiro atoms. The van der Waals surface area contributed by atoms with E-state index < -0.39 is 6.09 Å². The monoisotopic (exact) mass is 584 g/mol. The molecule has 1 aromatic heterocycles. The van der Waals surface area contributed by atoms with Gasteiger partial charge in [0.15, 0.2) is 5.69 Å². The van der Waals surface area contributed by atoms with Gasteiger partial charge >= 0.3 is 6.09 Å². The Morgan fingerprint density at radius 1 is 1.10 bits per heavy atom. The number of hydrogen-bond donors (Lipinski definition) is 0. The smallest absolute Gasteiger partial charge is 0.410 e. The summed E-state index contributed by atoms with van der Waals surface area (Å²) in [5.74, 6) is -0.529. The van der Waals surface area contributed by atoms with Gasteiger partial charge in [0.05, 0.1) is 36.6 Å². The van der Waals surface area contributed by atoms with Crippen LogP contribution in [0, 0.1) is 5.82 Å². The average Bonchev–Trinajstić information content (AvgIpc) is 3.34. The number of amides is 2. The minimum atomic E-state index is -0.522. The third-order valence-electron chi connectivity index (χ3n) is 7.60. The second kappa shape index (κ2) is 12.0. The Bertz CT molecular complexity index is 1450. The van der Waals surface area contributed by atoms with E-state index in [1.807, 2.05) is 17.9 Å². The Morgan fingerprint density at radius 2 is 1.82 bits per heavy atom.